The molecule has 23 heavy (non-hydrogen) atoms. The molecule has 0 unspecified atom stereocenters. The smallest absolute Gasteiger partial charge is 0.242 e. The molecule has 1 aromatic carbocycles. The highest BCUT2D eigenvalue weighted by Gasteiger charge is 2.27. The van der Waals surface area contributed by atoms with Crippen molar-refractivity contribution in [1.82, 2.24) is 20.1 Å². The van der Waals surface area contributed by atoms with Gasteiger partial charge < -0.3 is 10.1 Å². The van der Waals surface area contributed by atoms with Gasteiger partial charge in [0.2, 0.25) is 5.91 Å². The highest BCUT2D eigenvalue weighted by atomic mass is 19.1. The quantitative estimate of drug-likeness (QED) is 0.884. The van der Waals surface area contributed by atoms with Crippen molar-refractivity contribution in [2.45, 2.75) is 33.4 Å². The summed E-state index contributed by atoms with van der Waals surface area (Å²) in [6.07, 6.45) is 2.84. The highest BCUT2D eigenvalue weighted by molar-refractivity contribution is 5.76. The summed E-state index contributed by atoms with van der Waals surface area (Å²) in [4.78, 5) is 15.9. The molecule has 0 radical (unpaired) electrons. The molecule has 0 aliphatic carbocycles. The molecule has 0 fully saturated rings. The molecular formula is C16H21FN4O2. The third-order valence-corrected chi connectivity index (χ3v) is 3.39. The van der Waals surface area contributed by atoms with Gasteiger partial charge in [0.25, 0.3) is 0 Å². The first-order chi connectivity index (χ1) is 10.9. The molecule has 1 amide bonds. The van der Waals surface area contributed by atoms with Crippen LogP contribution in [0.5, 0.6) is 5.75 Å². The molecule has 7 heteroatoms. The van der Waals surface area contributed by atoms with Gasteiger partial charge in [0.15, 0.2) is 11.6 Å². The van der Waals surface area contributed by atoms with Crippen LogP contribution in [0.2, 0.25) is 0 Å². The molecule has 1 N–H and O–H groups in total. The SMILES string of the molecule is CC(C)(C)[C@@H](COc1ccccc1F)NC(=O)Cn1cncn1. The number of rotatable bonds is 6. The summed E-state index contributed by atoms with van der Waals surface area (Å²) < 4.78 is 20.6. The zero-order valence-electron chi connectivity index (χ0n) is 13.5. The summed E-state index contributed by atoms with van der Waals surface area (Å²) in [5, 5.41) is 6.80. The Labute approximate surface area is 134 Å². The maximum atomic E-state index is 13.6. The molecule has 0 spiro atoms. The maximum absolute atomic E-state index is 13.6. The second-order valence-electron chi connectivity index (χ2n) is 6.32. The number of nitrogens with one attached hydrogen (secondary N) is 1. The third-order valence-electron chi connectivity index (χ3n) is 3.39. The standard InChI is InChI=1S/C16H21FN4O2/c1-16(2,3)14(9-23-13-7-5-4-6-12(13)17)20-15(22)8-21-11-18-10-19-21/h4-7,10-11,14H,8-9H2,1-3H3,(H,20,22)/t14-/m1/s1. The Morgan fingerprint density at radius 3 is 2.74 bits per heavy atom. The Balaban J connectivity index is 1.97. The number of aromatic nitrogens is 3. The van der Waals surface area contributed by atoms with Crippen molar-refractivity contribution in [3.63, 3.8) is 0 Å². The first kappa shape index (κ1) is 16.9. The molecule has 0 aliphatic rings. The fourth-order valence-corrected chi connectivity index (χ4v) is 1.94. The Morgan fingerprint density at radius 1 is 1.39 bits per heavy atom. The van der Waals surface area contributed by atoms with E-state index in [2.05, 4.69) is 15.4 Å². The molecule has 1 aromatic heterocycles. The fourth-order valence-electron chi connectivity index (χ4n) is 1.94. The van der Waals surface area contributed by atoms with Crippen molar-refractivity contribution in [3.05, 3.63) is 42.7 Å². The number of hydrogen-bond acceptors (Lipinski definition) is 4. The van der Waals surface area contributed by atoms with E-state index in [0.29, 0.717) is 0 Å². The van der Waals surface area contributed by atoms with Crippen molar-refractivity contribution in [3.8, 4) is 5.75 Å². The van der Waals surface area contributed by atoms with Crippen LogP contribution in [0, 0.1) is 11.2 Å². The van der Waals surface area contributed by atoms with Crippen molar-refractivity contribution >= 4 is 5.91 Å². The lowest BCUT2D eigenvalue weighted by Gasteiger charge is -2.31. The number of para-hydroxylation sites is 1. The Bertz CT molecular complexity index is 638. The molecule has 0 aliphatic heterocycles. The fraction of sp³-hybridized carbons (Fsp3) is 0.438. The summed E-state index contributed by atoms with van der Waals surface area (Å²) in [7, 11) is 0. The normalized spacial score (nSPS) is 12.7. The predicted octanol–water partition coefficient (Wildman–Crippen LogP) is 2.03. The molecule has 6 nitrogen and oxygen atoms in total. The molecule has 124 valence electrons. The van der Waals surface area contributed by atoms with E-state index in [1.165, 1.54) is 23.4 Å². The first-order valence-electron chi connectivity index (χ1n) is 7.35. The lowest BCUT2D eigenvalue weighted by Crippen LogP contribution is -2.48. The van der Waals surface area contributed by atoms with Crippen LogP contribution in [0.3, 0.4) is 0 Å². The van der Waals surface area contributed by atoms with Crippen LogP contribution in [-0.2, 0) is 11.3 Å². The van der Waals surface area contributed by atoms with Crippen LogP contribution in [0.4, 0.5) is 4.39 Å². The van der Waals surface area contributed by atoms with Crippen LogP contribution in [0.1, 0.15) is 20.8 Å². The monoisotopic (exact) mass is 320 g/mol. The van der Waals surface area contributed by atoms with Gasteiger partial charge in [0.05, 0.1) is 6.04 Å². The van der Waals surface area contributed by atoms with Gasteiger partial charge in [-0.3, -0.25) is 4.79 Å². The Hall–Kier alpha value is -2.44. The van der Waals surface area contributed by atoms with Crippen molar-refractivity contribution in [2.75, 3.05) is 6.61 Å². The predicted molar refractivity (Wildman–Crippen MR) is 83.3 cm³/mol. The van der Waals surface area contributed by atoms with E-state index in [1.807, 2.05) is 20.8 Å². The topological polar surface area (TPSA) is 69.0 Å². The van der Waals surface area contributed by atoms with Gasteiger partial charge in [0.1, 0.15) is 25.8 Å². The van der Waals surface area contributed by atoms with E-state index in [1.54, 1.807) is 18.2 Å². The summed E-state index contributed by atoms with van der Waals surface area (Å²) in [5.41, 5.74) is -0.247. The van der Waals surface area contributed by atoms with E-state index in [0.717, 1.165) is 0 Å². The lowest BCUT2D eigenvalue weighted by molar-refractivity contribution is -0.123. The number of amides is 1. The molecular weight excluding hydrogens is 299 g/mol. The molecule has 0 saturated carbocycles. The Kier molecular flexibility index (Phi) is 5.31. The third kappa shape index (κ3) is 5.05. The summed E-state index contributed by atoms with van der Waals surface area (Å²) in [6, 6.07) is 5.92. The number of carbonyl (C=O) groups is 1. The summed E-state index contributed by atoms with van der Waals surface area (Å²) >= 11 is 0. The van der Waals surface area contributed by atoms with Gasteiger partial charge in [0, 0.05) is 0 Å². The van der Waals surface area contributed by atoms with Crippen LogP contribution in [0.25, 0.3) is 0 Å². The van der Waals surface area contributed by atoms with Crippen LogP contribution in [-0.4, -0.2) is 33.3 Å². The Morgan fingerprint density at radius 2 is 2.13 bits per heavy atom. The minimum Gasteiger partial charge on any atom is -0.488 e. The second-order valence-corrected chi connectivity index (χ2v) is 6.32. The minimum absolute atomic E-state index is 0.0757. The number of halogens is 1. The van der Waals surface area contributed by atoms with Gasteiger partial charge in [-0.1, -0.05) is 32.9 Å². The van der Waals surface area contributed by atoms with Gasteiger partial charge in [-0.05, 0) is 17.5 Å². The van der Waals surface area contributed by atoms with E-state index in [-0.39, 0.29) is 36.3 Å². The van der Waals surface area contributed by atoms with E-state index in [9.17, 15) is 9.18 Å². The number of ether oxygens (including phenoxy) is 1. The van der Waals surface area contributed by atoms with Crippen LogP contribution < -0.4 is 10.1 Å². The van der Waals surface area contributed by atoms with Crippen LogP contribution in [0.15, 0.2) is 36.9 Å². The average Bonchev–Trinajstić information content (AvgIpc) is 2.96. The molecule has 1 heterocycles. The van der Waals surface area contributed by atoms with E-state index >= 15 is 0 Å². The van der Waals surface area contributed by atoms with E-state index in [4.69, 9.17) is 4.74 Å². The average molecular weight is 320 g/mol. The highest BCUT2D eigenvalue weighted by Crippen LogP contribution is 2.22. The second kappa shape index (κ2) is 7.21. The van der Waals surface area contributed by atoms with Crippen molar-refractivity contribution < 1.29 is 13.9 Å². The zero-order valence-corrected chi connectivity index (χ0v) is 13.5. The molecule has 1 atom stereocenters. The number of carbonyl (C=O) groups excluding carboxylic acids is 1. The van der Waals surface area contributed by atoms with Crippen molar-refractivity contribution in [1.29, 1.82) is 0 Å². The van der Waals surface area contributed by atoms with Gasteiger partial charge in [-0.15, -0.1) is 0 Å². The maximum Gasteiger partial charge on any atom is 0.242 e. The summed E-state index contributed by atoms with van der Waals surface area (Å²) in [6.45, 7) is 6.20. The molecule has 0 bridgehead atoms. The number of hydrogen-bond donors (Lipinski definition) is 1. The largest absolute Gasteiger partial charge is 0.488 e. The van der Waals surface area contributed by atoms with Crippen LogP contribution >= 0.6 is 0 Å². The zero-order chi connectivity index (χ0) is 16.9. The summed E-state index contributed by atoms with van der Waals surface area (Å²) in [5.74, 6) is -0.450. The number of benzene rings is 1. The molecule has 2 aromatic rings. The minimum atomic E-state index is -0.422. The molecule has 0 saturated heterocycles. The van der Waals surface area contributed by atoms with E-state index < -0.39 is 5.82 Å². The lowest BCUT2D eigenvalue weighted by atomic mass is 9.87. The number of nitrogens with zero attached hydrogens (tertiary/aromatic N) is 3. The van der Waals surface area contributed by atoms with Gasteiger partial charge >= 0.3 is 0 Å². The van der Waals surface area contributed by atoms with Crippen molar-refractivity contribution in [2.24, 2.45) is 5.41 Å². The first-order valence-corrected chi connectivity index (χ1v) is 7.35. The van der Waals surface area contributed by atoms with Gasteiger partial charge in [-0.25, -0.2) is 14.1 Å². The molecule has 2 rings (SSSR count). The van der Waals surface area contributed by atoms with Gasteiger partial charge in [-0.2, -0.15) is 5.10 Å².